The molecule has 0 aliphatic heterocycles. The van der Waals surface area contributed by atoms with Crippen molar-refractivity contribution in [3.8, 4) is 0 Å². The standard InChI is InChI=1S/C18H23N3O3/c1-2-3-4-5-6-7-8-9-10-15-21(24)20-19-17-13-11-16(12-14-17)18(22)23/h4-5,7-14,19H,2-3,6,15H2,1H3,(H,22,23)/b5-4+,8-7+,10-9+,21-20+. The monoisotopic (exact) mass is 329 g/mol. The van der Waals surface area contributed by atoms with E-state index in [2.05, 4.69) is 29.7 Å². The van der Waals surface area contributed by atoms with Gasteiger partial charge in [0, 0.05) is 0 Å². The van der Waals surface area contributed by atoms with Crippen LogP contribution in [-0.2, 0) is 0 Å². The summed E-state index contributed by atoms with van der Waals surface area (Å²) in [5, 5.41) is 23.9. The van der Waals surface area contributed by atoms with E-state index in [4.69, 9.17) is 5.11 Å². The molecule has 1 rings (SSSR count). The van der Waals surface area contributed by atoms with Crippen LogP contribution in [-0.4, -0.2) is 22.5 Å². The van der Waals surface area contributed by atoms with Crippen molar-refractivity contribution in [1.82, 2.24) is 0 Å². The second-order valence-electron chi connectivity index (χ2n) is 4.98. The SMILES string of the molecule is CCC/C=C/C/C=C/C=C/C/[N+]([O-])=N\Nc1ccc(C(=O)O)cc1. The van der Waals surface area contributed by atoms with E-state index in [9.17, 15) is 10.0 Å². The van der Waals surface area contributed by atoms with Gasteiger partial charge in [0.2, 0.25) is 0 Å². The maximum Gasteiger partial charge on any atom is 0.335 e. The summed E-state index contributed by atoms with van der Waals surface area (Å²) < 4.78 is 0. The summed E-state index contributed by atoms with van der Waals surface area (Å²) in [5.41, 5.74) is 3.30. The van der Waals surface area contributed by atoms with Gasteiger partial charge in [-0.1, -0.05) is 43.7 Å². The Morgan fingerprint density at radius 3 is 2.58 bits per heavy atom. The molecule has 0 amide bonds. The molecular weight excluding hydrogens is 306 g/mol. The third-order valence-electron chi connectivity index (χ3n) is 2.96. The number of rotatable bonds is 10. The molecule has 128 valence electrons. The van der Waals surface area contributed by atoms with E-state index in [1.54, 1.807) is 24.3 Å². The van der Waals surface area contributed by atoms with Crippen LogP contribution in [0.25, 0.3) is 0 Å². The fraction of sp³-hybridized carbons (Fsp3) is 0.278. The van der Waals surface area contributed by atoms with Crippen molar-refractivity contribution in [2.75, 3.05) is 12.0 Å². The molecule has 2 N–H and O–H groups in total. The molecule has 0 unspecified atom stereocenters. The lowest BCUT2D eigenvalue weighted by Crippen LogP contribution is -2.04. The van der Waals surface area contributed by atoms with Crippen LogP contribution in [0.3, 0.4) is 0 Å². The molecule has 0 fully saturated rings. The Labute approximate surface area is 142 Å². The summed E-state index contributed by atoms with van der Waals surface area (Å²) in [7, 11) is 0. The Morgan fingerprint density at radius 2 is 1.92 bits per heavy atom. The molecule has 0 spiro atoms. The molecule has 0 aliphatic carbocycles. The number of allylic oxidation sites excluding steroid dienone is 5. The zero-order chi connectivity index (χ0) is 17.6. The number of benzene rings is 1. The number of hydroxylamine groups is 1. The van der Waals surface area contributed by atoms with Crippen LogP contribution in [0.4, 0.5) is 5.69 Å². The Morgan fingerprint density at radius 1 is 1.21 bits per heavy atom. The largest absolute Gasteiger partial charge is 0.696 e. The highest BCUT2D eigenvalue weighted by Crippen LogP contribution is 2.09. The first-order valence-electron chi connectivity index (χ1n) is 7.84. The Balaban J connectivity index is 2.32. The second-order valence-corrected chi connectivity index (χ2v) is 4.98. The highest BCUT2D eigenvalue weighted by molar-refractivity contribution is 5.87. The number of unbranched alkanes of at least 4 members (excludes halogenated alkanes) is 1. The molecule has 0 heterocycles. The van der Waals surface area contributed by atoms with Gasteiger partial charge in [0.25, 0.3) is 0 Å². The van der Waals surface area contributed by atoms with E-state index in [1.807, 2.05) is 12.2 Å². The minimum Gasteiger partial charge on any atom is -0.696 e. The van der Waals surface area contributed by atoms with Gasteiger partial charge in [0.05, 0.1) is 10.8 Å². The molecule has 0 radical (unpaired) electrons. The van der Waals surface area contributed by atoms with Gasteiger partial charge in [-0.05, 0) is 43.2 Å². The Bertz CT molecular complexity index is 617. The van der Waals surface area contributed by atoms with E-state index < -0.39 is 5.97 Å². The average molecular weight is 329 g/mol. The molecule has 0 saturated heterocycles. The Kier molecular flexibility index (Phi) is 9.30. The minimum atomic E-state index is -0.997. The maximum absolute atomic E-state index is 11.5. The number of carbonyl (C=O) groups is 1. The van der Waals surface area contributed by atoms with Crippen LogP contribution in [0.2, 0.25) is 0 Å². The second kappa shape index (κ2) is 11.6. The predicted molar refractivity (Wildman–Crippen MR) is 94.9 cm³/mol. The van der Waals surface area contributed by atoms with Crippen LogP contribution in [0.5, 0.6) is 0 Å². The van der Waals surface area contributed by atoms with Crippen LogP contribution in [0, 0.1) is 5.21 Å². The van der Waals surface area contributed by atoms with Gasteiger partial charge in [-0.3, -0.25) is 0 Å². The van der Waals surface area contributed by atoms with Crippen LogP contribution in [0.15, 0.2) is 65.9 Å². The lowest BCUT2D eigenvalue weighted by molar-refractivity contribution is -0.518. The summed E-state index contributed by atoms with van der Waals surface area (Å²) in [5.74, 6) is -0.997. The van der Waals surface area contributed by atoms with Crippen molar-refractivity contribution in [2.24, 2.45) is 5.22 Å². The molecule has 6 nitrogen and oxygen atoms in total. The number of hydrogen-bond donors (Lipinski definition) is 2. The van der Waals surface area contributed by atoms with Crippen molar-refractivity contribution in [1.29, 1.82) is 0 Å². The number of carboxylic acids is 1. The highest BCUT2D eigenvalue weighted by atomic mass is 16.5. The zero-order valence-electron chi connectivity index (χ0n) is 13.8. The number of anilines is 1. The molecule has 0 saturated carbocycles. The van der Waals surface area contributed by atoms with Crippen molar-refractivity contribution in [2.45, 2.75) is 26.2 Å². The van der Waals surface area contributed by atoms with Crippen molar-refractivity contribution in [3.05, 3.63) is 71.5 Å². The number of nitrogens with zero attached hydrogens (tertiary/aromatic N) is 2. The third kappa shape index (κ3) is 8.53. The molecule has 0 bridgehead atoms. The van der Waals surface area contributed by atoms with E-state index >= 15 is 0 Å². The molecule has 1 aromatic rings. The van der Waals surface area contributed by atoms with Gasteiger partial charge in [-0.25, -0.2) is 4.79 Å². The van der Waals surface area contributed by atoms with Gasteiger partial charge < -0.3 is 10.3 Å². The van der Waals surface area contributed by atoms with Gasteiger partial charge in [0.15, 0.2) is 0 Å². The average Bonchev–Trinajstić information content (AvgIpc) is 2.59. The number of nitrogens with one attached hydrogen (secondary N) is 1. The number of carboxylic acid groups (broad SMARTS) is 1. The molecule has 0 aliphatic rings. The van der Waals surface area contributed by atoms with E-state index in [0.29, 0.717) is 10.5 Å². The van der Waals surface area contributed by atoms with Crippen LogP contribution < -0.4 is 5.43 Å². The smallest absolute Gasteiger partial charge is 0.335 e. The maximum atomic E-state index is 11.5. The van der Waals surface area contributed by atoms with Gasteiger partial charge in [-0.15, -0.1) is 5.43 Å². The summed E-state index contributed by atoms with van der Waals surface area (Å²) in [6.07, 6.45) is 14.8. The quantitative estimate of drug-likeness (QED) is 0.217. The number of aromatic carboxylic acids is 1. The molecule has 24 heavy (non-hydrogen) atoms. The van der Waals surface area contributed by atoms with Crippen molar-refractivity contribution in [3.63, 3.8) is 0 Å². The van der Waals surface area contributed by atoms with Gasteiger partial charge in [0.1, 0.15) is 12.2 Å². The van der Waals surface area contributed by atoms with Gasteiger partial charge in [-0.2, -0.15) is 4.86 Å². The normalized spacial score (nSPS) is 12.5. The molecule has 0 aromatic heterocycles. The zero-order valence-corrected chi connectivity index (χ0v) is 13.8. The first kappa shape index (κ1) is 19.2. The summed E-state index contributed by atoms with van der Waals surface area (Å²) >= 11 is 0. The summed E-state index contributed by atoms with van der Waals surface area (Å²) in [6, 6.07) is 5.97. The van der Waals surface area contributed by atoms with Crippen LogP contribution >= 0.6 is 0 Å². The molecule has 1 aromatic carbocycles. The third-order valence-corrected chi connectivity index (χ3v) is 2.96. The lowest BCUT2D eigenvalue weighted by atomic mass is 10.2. The van der Waals surface area contributed by atoms with E-state index in [1.165, 1.54) is 12.1 Å². The first-order chi connectivity index (χ1) is 11.6. The topological polar surface area (TPSA) is 87.8 Å². The fourth-order valence-electron chi connectivity index (χ4n) is 1.69. The first-order valence-corrected chi connectivity index (χ1v) is 7.84. The molecule has 0 atom stereocenters. The van der Waals surface area contributed by atoms with E-state index in [-0.39, 0.29) is 12.1 Å². The fourth-order valence-corrected chi connectivity index (χ4v) is 1.69. The van der Waals surface area contributed by atoms with Gasteiger partial charge >= 0.3 is 5.97 Å². The number of hydrogen-bond acceptors (Lipinski definition) is 3. The van der Waals surface area contributed by atoms with Crippen molar-refractivity contribution >= 4 is 11.7 Å². The van der Waals surface area contributed by atoms with Crippen LogP contribution in [0.1, 0.15) is 36.5 Å². The Hall–Kier alpha value is -2.89. The summed E-state index contributed by atoms with van der Waals surface area (Å²) in [6.45, 7) is 2.26. The predicted octanol–water partition coefficient (Wildman–Crippen LogP) is 4.53. The summed E-state index contributed by atoms with van der Waals surface area (Å²) in [4.78, 5) is 11.2. The lowest BCUT2D eigenvalue weighted by Gasteiger charge is -2.02. The van der Waals surface area contributed by atoms with Crippen molar-refractivity contribution < 1.29 is 14.8 Å². The molecule has 6 heteroatoms. The van der Waals surface area contributed by atoms with E-state index in [0.717, 1.165) is 19.3 Å². The molecular formula is C18H23N3O3. The highest BCUT2D eigenvalue weighted by Gasteiger charge is 2.02. The minimum absolute atomic E-state index is 0.121.